The van der Waals surface area contributed by atoms with Crippen LogP contribution in [0.2, 0.25) is 0 Å². The van der Waals surface area contributed by atoms with E-state index in [2.05, 4.69) is 10.1 Å². The lowest BCUT2D eigenvalue weighted by atomic mass is 10.2. The van der Waals surface area contributed by atoms with Crippen molar-refractivity contribution in [2.45, 2.75) is 6.54 Å². The Morgan fingerprint density at radius 2 is 1.88 bits per heavy atom. The molecule has 132 valence electrons. The van der Waals surface area contributed by atoms with Gasteiger partial charge in [0.1, 0.15) is 5.75 Å². The summed E-state index contributed by atoms with van der Waals surface area (Å²) in [6.07, 6.45) is 3.22. The molecule has 1 aromatic heterocycles. The molecule has 0 aliphatic carbocycles. The quantitative estimate of drug-likeness (QED) is 0.638. The van der Waals surface area contributed by atoms with Crippen LogP contribution in [0, 0.1) is 0 Å². The van der Waals surface area contributed by atoms with E-state index in [1.165, 1.54) is 11.0 Å². The topological polar surface area (TPSA) is 68.5 Å². The normalized spacial score (nSPS) is 10.8. The van der Waals surface area contributed by atoms with Crippen molar-refractivity contribution in [2.24, 2.45) is 0 Å². The fourth-order valence-electron chi connectivity index (χ4n) is 2.40. The molecule has 0 saturated heterocycles. The highest BCUT2D eigenvalue weighted by Crippen LogP contribution is 2.19. The predicted octanol–water partition coefficient (Wildman–Crippen LogP) is 3.42. The molecular weight excluding hydrogens is 330 g/mol. The van der Waals surface area contributed by atoms with E-state index < -0.39 is 0 Å². The van der Waals surface area contributed by atoms with Crippen molar-refractivity contribution in [3.63, 3.8) is 0 Å². The SMILES string of the molecule is COc1ccccc1/C=C/C(=O)N(C)Cc1nc(-c2ccccc2)no1. The molecule has 6 nitrogen and oxygen atoms in total. The van der Waals surface area contributed by atoms with Crippen molar-refractivity contribution in [2.75, 3.05) is 14.2 Å². The third-order valence-electron chi connectivity index (χ3n) is 3.79. The number of para-hydroxylation sites is 1. The lowest BCUT2D eigenvalue weighted by Gasteiger charge is -2.12. The van der Waals surface area contributed by atoms with Crippen LogP contribution in [0.1, 0.15) is 11.5 Å². The molecule has 0 aliphatic heterocycles. The van der Waals surface area contributed by atoms with E-state index in [0.717, 1.165) is 11.1 Å². The lowest BCUT2D eigenvalue weighted by molar-refractivity contribution is -0.125. The third kappa shape index (κ3) is 4.16. The van der Waals surface area contributed by atoms with Gasteiger partial charge in [-0.1, -0.05) is 53.7 Å². The van der Waals surface area contributed by atoms with Gasteiger partial charge in [0.15, 0.2) is 0 Å². The van der Waals surface area contributed by atoms with E-state index >= 15 is 0 Å². The van der Waals surface area contributed by atoms with Crippen LogP contribution in [-0.4, -0.2) is 35.1 Å². The van der Waals surface area contributed by atoms with E-state index in [1.54, 1.807) is 20.2 Å². The first-order chi connectivity index (χ1) is 12.7. The monoisotopic (exact) mass is 349 g/mol. The summed E-state index contributed by atoms with van der Waals surface area (Å²) < 4.78 is 10.5. The van der Waals surface area contributed by atoms with Crippen molar-refractivity contribution >= 4 is 12.0 Å². The molecule has 1 heterocycles. The molecule has 1 amide bonds. The van der Waals surface area contributed by atoms with Gasteiger partial charge in [0.2, 0.25) is 17.6 Å². The first kappa shape index (κ1) is 17.4. The van der Waals surface area contributed by atoms with Crippen LogP contribution in [-0.2, 0) is 11.3 Å². The number of nitrogens with zero attached hydrogens (tertiary/aromatic N) is 3. The number of likely N-dealkylation sites (N-methyl/N-ethyl adjacent to an activating group) is 1. The number of ether oxygens (including phenoxy) is 1. The Morgan fingerprint density at radius 3 is 2.65 bits per heavy atom. The minimum atomic E-state index is -0.171. The van der Waals surface area contributed by atoms with Gasteiger partial charge in [0.05, 0.1) is 13.7 Å². The Balaban J connectivity index is 1.64. The van der Waals surface area contributed by atoms with Crippen molar-refractivity contribution in [1.82, 2.24) is 15.0 Å². The fraction of sp³-hybridized carbons (Fsp3) is 0.150. The first-order valence-corrected chi connectivity index (χ1v) is 8.11. The van der Waals surface area contributed by atoms with Crippen molar-refractivity contribution in [1.29, 1.82) is 0 Å². The zero-order valence-electron chi connectivity index (χ0n) is 14.6. The largest absolute Gasteiger partial charge is 0.496 e. The van der Waals surface area contributed by atoms with Gasteiger partial charge in [-0.2, -0.15) is 4.98 Å². The smallest absolute Gasteiger partial charge is 0.246 e. The zero-order chi connectivity index (χ0) is 18.4. The highest BCUT2D eigenvalue weighted by Gasteiger charge is 2.13. The molecule has 3 aromatic rings. The summed E-state index contributed by atoms with van der Waals surface area (Å²) in [6.45, 7) is 0.231. The second kappa shape index (κ2) is 8.11. The Kier molecular flexibility index (Phi) is 5.43. The Bertz CT molecular complexity index is 903. The van der Waals surface area contributed by atoms with Crippen LogP contribution in [0.4, 0.5) is 0 Å². The van der Waals surface area contributed by atoms with Crippen LogP contribution in [0.15, 0.2) is 65.2 Å². The number of amides is 1. The van der Waals surface area contributed by atoms with Crippen molar-refractivity contribution in [3.8, 4) is 17.1 Å². The number of carbonyl (C=O) groups excluding carboxylic acids is 1. The molecule has 0 bridgehead atoms. The average Bonchev–Trinajstić information content (AvgIpc) is 3.15. The van der Waals surface area contributed by atoms with Gasteiger partial charge in [-0.25, -0.2) is 0 Å². The number of carbonyl (C=O) groups is 1. The summed E-state index contributed by atoms with van der Waals surface area (Å²) in [5, 5.41) is 3.96. The van der Waals surface area contributed by atoms with Gasteiger partial charge in [0.25, 0.3) is 0 Å². The van der Waals surface area contributed by atoms with E-state index in [-0.39, 0.29) is 12.5 Å². The van der Waals surface area contributed by atoms with Gasteiger partial charge in [0, 0.05) is 24.3 Å². The number of hydrogen-bond acceptors (Lipinski definition) is 5. The molecular formula is C20H19N3O3. The summed E-state index contributed by atoms with van der Waals surface area (Å²) in [6, 6.07) is 17.0. The molecule has 6 heteroatoms. The van der Waals surface area contributed by atoms with Crippen LogP contribution in [0.5, 0.6) is 5.75 Å². The van der Waals surface area contributed by atoms with Gasteiger partial charge < -0.3 is 14.2 Å². The fourth-order valence-corrected chi connectivity index (χ4v) is 2.40. The summed E-state index contributed by atoms with van der Waals surface area (Å²) >= 11 is 0. The van der Waals surface area contributed by atoms with E-state index in [4.69, 9.17) is 9.26 Å². The number of benzene rings is 2. The Hall–Kier alpha value is -3.41. The highest BCUT2D eigenvalue weighted by molar-refractivity contribution is 5.91. The maximum absolute atomic E-state index is 12.3. The summed E-state index contributed by atoms with van der Waals surface area (Å²) in [5.74, 6) is 1.43. The van der Waals surface area contributed by atoms with Crippen LogP contribution in [0.25, 0.3) is 17.5 Å². The molecule has 0 saturated carbocycles. The molecule has 3 rings (SSSR count). The minimum absolute atomic E-state index is 0.171. The molecule has 0 atom stereocenters. The van der Waals surface area contributed by atoms with Crippen LogP contribution < -0.4 is 4.74 Å². The Morgan fingerprint density at radius 1 is 1.15 bits per heavy atom. The summed E-state index contributed by atoms with van der Waals surface area (Å²) in [5.41, 5.74) is 1.70. The minimum Gasteiger partial charge on any atom is -0.496 e. The zero-order valence-corrected chi connectivity index (χ0v) is 14.6. The summed E-state index contributed by atoms with van der Waals surface area (Å²) in [4.78, 5) is 18.1. The second-order valence-corrected chi connectivity index (χ2v) is 5.65. The number of hydrogen-bond donors (Lipinski definition) is 0. The number of methoxy groups -OCH3 is 1. The second-order valence-electron chi connectivity index (χ2n) is 5.65. The average molecular weight is 349 g/mol. The molecule has 0 N–H and O–H groups in total. The molecule has 2 aromatic carbocycles. The molecule has 26 heavy (non-hydrogen) atoms. The third-order valence-corrected chi connectivity index (χ3v) is 3.79. The van der Waals surface area contributed by atoms with Gasteiger partial charge >= 0.3 is 0 Å². The van der Waals surface area contributed by atoms with E-state index in [9.17, 15) is 4.79 Å². The number of rotatable bonds is 6. The molecule has 0 fully saturated rings. The molecule has 0 spiro atoms. The van der Waals surface area contributed by atoms with Gasteiger partial charge in [-0.05, 0) is 12.1 Å². The van der Waals surface area contributed by atoms with Crippen molar-refractivity contribution < 1.29 is 14.1 Å². The maximum Gasteiger partial charge on any atom is 0.246 e. The first-order valence-electron chi connectivity index (χ1n) is 8.11. The standard InChI is InChI=1S/C20H19N3O3/c1-23(19(24)13-12-15-8-6-7-11-17(15)25-2)14-18-21-20(22-26-18)16-9-4-3-5-10-16/h3-13H,14H2,1-2H3/b13-12+. The van der Waals surface area contributed by atoms with Gasteiger partial charge in [-0.15, -0.1) is 0 Å². The summed E-state index contributed by atoms with van der Waals surface area (Å²) in [7, 11) is 3.28. The maximum atomic E-state index is 12.3. The molecule has 0 radical (unpaired) electrons. The van der Waals surface area contributed by atoms with E-state index in [0.29, 0.717) is 17.5 Å². The van der Waals surface area contributed by atoms with Crippen LogP contribution in [0.3, 0.4) is 0 Å². The van der Waals surface area contributed by atoms with Gasteiger partial charge in [-0.3, -0.25) is 4.79 Å². The van der Waals surface area contributed by atoms with Crippen molar-refractivity contribution in [3.05, 3.63) is 72.1 Å². The molecule has 0 aliphatic rings. The van der Waals surface area contributed by atoms with Crippen LogP contribution >= 0.6 is 0 Å². The lowest BCUT2D eigenvalue weighted by Crippen LogP contribution is -2.24. The molecule has 0 unspecified atom stereocenters. The van der Waals surface area contributed by atoms with E-state index in [1.807, 2.05) is 54.6 Å². The Labute approximate surface area is 151 Å². The number of aromatic nitrogens is 2. The predicted molar refractivity (Wildman–Crippen MR) is 98.2 cm³/mol. The highest BCUT2D eigenvalue weighted by atomic mass is 16.5.